The minimum Gasteiger partial charge on any atom is -0.496 e. The summed E-state index contributed by atoms with van der Waals surface area (Å²) in [4.78, 5) is 9.65. The van der Waals surface area contributed by atoms with Crippen LogP contribution in [0.15, 0.2) is 48.7 Å². The van der Waals surface area contributed by atoms with Crippen LogP contribution in [0.4, 0.5) is 0 Å². The maximum atomic E-state index is 9.72. The number of pyridine rings is 1. The summed E-state index contributed by atoms with van der Waals surface area (Å²) in [6.45, 7) is 9.28. The maximum absolute atomic E-state index is 9.72. The van der Waals surface area contributed by atoms with Gasteiger partial charge in [0, 0.05) is 57.0 Å². The van der Waals surface area contributed by atoms with Crippen molar-refractivity contribution in [1.82, 2.24) is 14.8 Å². The zero-order valence-corrected chi connectivity index (χ0v) is 18.8. The monoisotopic (exact) mass is 419 g/mol. The molecule has 164 valence electrons. The van der Waals surface area contributed by atoms with Crippen molar-refractivity contribution in [2.75, 3.05) is 33.4 Å². The Morgan fingerprint density at radius 1 is 1.00 bits per heavy atom. The van der Waals surface area contributed by atoms with Crippen LogP contribution in [0.5, 0.6) is 5.75 Å². The fraction of sp³-hybridized carbons (Fsp3) is 0.423. The Bertz CT molecular complexity index is 1030. The van der Waals surface area contributed by atoms with Gasteiger partial charge in [0.25, 0.3) is 0 Å². The van der Waals surface area contributed by atoms with E-state index in [-0.39, 0.29) is 6.61 Å². The van der Waals surface area contributed by atoms with Gasteiger partial charge in [0.1, 0.15) is 5.75 Å². The number of hydrogen-bond acceptors (Lipinski definition) is 5. The number of hydrogen-bond donors (Lipinski definition) is 1. The fourth-order valence-electron chi connectivity index (χ4n) is 4.73. The van der Waals surface area contributed by atoms with Gasteiger partial charge in [0.15, 0.2) is 0 Å². The second-order valence-corrected chi connectivity index (χ2v) is 8.54. The quantitative estimate of drug-likeness (QED) is 0.629. The number of fused-ring (bicyclic) bond motifs is 1. The van der Waals surface area contributed by atoms with Crippen LogP contribution in [0.2, 0.25) is 0 Å². The molecule has 1 N–H and O–H groups in total. The normalized spacial score (nSPS) is 17.9. The van der Waals surface area contributed by atoms with E-state index in [2.05, 4.69) is 65.0 Å². The van der Waals surface area contributed by atoms with Crippen molar-refractivity contribution in [2.24, 2.45) is 0 Å². The van der Waals surface area contributed by atoms with Crippen molar-refractivity contribution < 1.29 is 9.84 Å². The van der Waals surface area contributed by atoms with E-state index in [1.165, 1.54) is 27.6 Å². The lowest BCUT2D eigenvalue weighted by Gasteiger charge is -2.42. The van der Waals surface area contributed by atoms with Crippen molar-refractivity contribution in [3.63, 3.8) is 0 Å². The Kier molecular flexibility index (Phi) is 6.86. The summed E-state index contributed by atoms with van der Waals surface area (Å²) in [7, 11) is 1.73. The summed E-state index contributed by atoms with van der Waals surface area (Å²) in [5.41, 5.74) is 6.21. The van der Waals surface area contributed by atoms with Gasteiger partial charge in [0.2, 0.25) is 0 Å². The van der Waals surface area contributed by atoms with Crippen LogP contribution in [0.25, 0.3) is 10.9 Å². The molecule has 2 aromatic carbocycles. The lowest BCUT2D eigenvalue weighted by molar-refractivity contribution is 0.0500. The largest absolute Gasteiger partial charge is 0.496 e. The zero-order chi connectivity index (χ0) is 21.8. The van der Waals surface area contributed by atoms with Gasteiger partial charge in [-0.1, -0.05) is 30.3 Å². The van der Waals surface area contributed by atoms with Crippen LogP contribution in [0.3, 0.4) is 0 Å². The van der Waals surface area contributed by atoms with Crippen molar-refractivity contribution in [3.05, 3.63) is 70.9 Å². The third-order valence-corrected chi connectivity index (χ3v) is 6.70. The minimum atomic E-state index is 0.214. The second kappa shape index (κ2) is 9.77. The van der Waals surface area contributed by atoms with Gasteiger partial charge in [0.05, 0.1) is 12.6 Å². The Hall–Kier alpha value is -2.47. The molecule has 0 amide bonds. The first-order chi connectivity index (χ1) is 15.1. The zero-order valence-electron chi connectivity index (χ0n) is 18.8. The molecule has 2 heterocycles. The summed E-state index contributed by atoms with van der Waals surface area (Å²) >= 11 is 0. The van der Waals surface area contributed by atoms with Crippen molar-refractivity contribution in [2.45, 2.75) is 39.4 Å². The fourth-order valence-corrected chi connectivity index (χ4v) is 4.73. The first kappa shape index (κ1) is 21.8. The minimum absolute atomic E-state index is 0.214. The molecular formula is C26H33N3O2. The summed E-state index contributed by atoms with van der Waals surface area (Å²) in [5.74, 6) is 0.946. The molecule has 1 atom stereocenters. The molecule has 0 radical (unpaired) electrons. The molecule has 1 aliphatic heterocycles. The highest BCUT2D eigenvalue weighted by molar-refractivity contribution is 5.81. The number of benzene rings is 2. The molecular weight excluding hydrogens is 386 g/mol. The molecule has 0 spiro atoms. The van der Waals surface area contributed by atoms with E-state index in [0.29, 0.717) is 6.04 Å². The van der Waals surface area contributed by atoms with Crippen LogP contribution in [0, 0.1) is 13.8 Å². The third kappa shape index (κ3) is 4.74. The summed E-state index contributed by atoms with van der Waals surface area (Å²) < 4.78 is 5.47. The molecule has 31 heavy (non-hydrogen) atoms. The number of aliphatic hydroxyl groups is 1. The van der Waals surface area contributed by atoms with E-state index < -0.39 is 0 Å². The molecule has 5 heteroatoms. The van der Waals surface area contributed by atoms with Gasteiger partial charge < -0.3 is 9.84 Å². The van der Waals surface area contributed by atoms with Gasteiger partial charge in [-0.15, -0.1) is 0 Å². The molecule has 1 aromatic heterocycles. The lowest BCUT2D eigenvalue weighted by Crippen LogP contribution is -2.52. The highest BCUT2D eigenvalue weighted by Crippen LogP contribution is 2.27. The predicted octanol–water partition coefficient (Wildman–Crippen LogP) is 3.93. The van der Waals surface area contributed by atoms with Crippen molar-refractivity contribution in [3.8, 4) is 5.75 Å². The Morgan fingerprint density at radius 2 is 1.84 bits per heavy atom. The summed E-state index contributed by atoms with van der Waals surface area (Å²) in [6, 6.07) is 15.1. The molecule has 1 aliphatic rings. The van der Waals surface area contributed by atoms with Crippen molar-refractivity contribution >= 4 is 10.9 Å². The summed E-state index contributed by atoms with van der Waals surface area (Å²) in [5, 5.41) is 10.9. The average Bonchev–Trinajstić information content (AvgIpc) is 2.79. The molecule has 3 aromatic rings. The molecule has 0 saturated carbocycles. The third-order valence-electron chi connectivity index (χ3n) is 6.70. The number of piperazine rings is 1. The molecule has 0 bridgehead atoms. The second-order valence-electron chi connectivity index (χ2n) is 8.54. The van der Waals surface area contributed by atoms with E-state index in [1.807, 2.05) is 12.3 Å². The van der Waals surface area contributed by atoms with Crippen LogP contribution in [0.1, 0.15) is 28.7 Å². The highest BCUT2D eigenvalue weighted by atomic mass is 16.5. The number of ether oxygens (including phenoxy) is 1. The number of nitrogens with zero attached hydrogens (tertiary/aromatic N) is 3. The van der Waals surface area contributed by atoms with Gasteiger partial charge in [-0.3, -0.25) is 14.8 Å². The highest BCUT2D eigenvalue weighted by Gasteiger charge is 2.27. The maximum Gasteiger partial charge on any atom is 0.122 e. The first-order valence-corrected chi connectivity index (χ1v) is 11.1. The molecule has 1 fully saturated rings. The molecule has 5 nitrogen and oxygen atoms in total. The topological polar surface area (TPSA) is 48.8 Å². The van der Waals surface area contributed by atoms with Gasteiger partial charge in [-0.25, -0.2) is 0 Å². The SMILES string of the molecule is COc1ccc(CN2CCN(Cc3cccc4cccnc34)CC2CCO)c(C)c1C. The Labute approximate surface area is 185 Å². The van der Waals surface area contributed by atoms with Crippen LogP contribution in [-0.4, -0.2) is 59.3 Å². The van der Waals surface area contributed by atoms with Crippen LogP contribution >= 0.6 is 0 Å². The van der Waals surface area contributed by atoms with Gasteiger partial charge in [-0.2, -0.15) is 0 Å². The van der Waals surface area contributed by atoms with Crippen LogP contribution < -0.4 is 4.74 Å². The average molecular weight is 420 g/mol. The smallest absolute Gasteiger partial charge is 0.122 e. The van der Waals surface area contributed by atoms with Gasteiger partial charge in [-0.05, 0) is 54.7 Å². The number of para-hydroxylation sites is 1. The number of aliphatic hydroxyl groups excluding tert-OH is 1. The van der Waals surface area contributed by atoms with Crippen LogP contribution in [-0.2, 0) is 13.1 Å². The van der Waals surface area contributed by atoms with E-state index in [9.17, 15) is 5.11 Å². The molecule has 4 rings (SSSR count). The first-order valence-electron chi connectivity index (χ1n) is 11.1. The Balaban J connectivity index is 1.48. The van der Waals surface area contributed by atoms with E-state index in [4.69, 9.17) is 4.74 Å². The number of rotatable bonds is 7. The number of aromatic nitrogens is 1. The predicted molar refractivity (Wildman–Crippen MR) is 125 cm³/mol. The summed E-state index contributed by atoms with van der Waals surface area (Å²) in [6.07, 6.45) is 2.66. The lowest BCUT2D eigenvalue weighted by atomic mass is 10.00. The molecule has 0 aliphatic carbocycles. The van der Waals surface area contributed by atoms with E-state index in [1.54, 1.807) is 7.11 Å². The standard InChI is InChI=1S/C26H33N3O2/c1-19-20(2)25(31-3)10-9-22(19)17-29-14-13-28(18-24(29)11-15-30)16-23-7-4-6-21-8-5-12-27-26(21)23/h4-10,12,24,30H,11,13-18H2,1-3H3. The van der Waals surface area contributed by atoms with Crippen molar-refractivity contribution in [1.29, 1.82) is 0 Å². The molecule has 1 saturated heterocycles. The van der Waals surface area contributed by atoms with Gasteiger partial charge >= 0.3 is 0 Å². The molecule has 1 unspecified atom stereocenters. The number of methoxy groups -OCH3 is 1. The van der Waals surface area contributed by atoms with E-state index >= 15 is 0 Å². The Morgan fingerprint density at radius 3 is 2.65 bits per heavy atom. The van der Waals surface area contributed by atoms with E-state index in [0.717, 1.165) is 50.4 Å².